The number of nitrogens with zero attached hydrogens (tertiary/aromatic N) is 2. The van der Waals surface area contributed by atoms with Crippen LogP contribution >= 0.6 is 22.9 Å². The lowest BCUT2D eigenvalue weighted by Gasteiger charge is -2.08. The van der Waals surface area contributed by atoms with Crippen molar-refractivity contribution in [1.29, 1.82) is 0 Å². The quantitative estimate of drug-likeness (QED) is 0.684. The molecule has 8 heteroatoms. The topological polar surface area (TPSA) is 84.3 Å². The molecule has 4 rings (SSSR count). The first kappa shape index (κ1) is 18.1. The van der Waals surface area contributed by atoms with Crippen LogP contribution in [0.25, 0.3) is 10.4 Å². The van der Waals surface area contributed by atoms with Crippen molar-refractivity contribution in [3.05, 3.63) is 46.2 Å². The van der Waals surface area contributed by atoms with E-state index in [0.717, 1.165) is 24.3 Å². The fraction of sp³-hybridized carbons (Fsp3) is 0.316. The van der Waals surface area contributed by atoms with Crippen molar-refractivity contribution in [2.75, 3.05) is 6.61 Å². The molecule has 2 N–H and O–H groups in total. The van der Waals surface area contributed by atoms with E-state index in [4.69, 9.17) is 9.84 Å². The number of aliphatic hydroxyl groups is 1. The number of carbonyl (C=O) groups excluding carboxylic acids is 1. The molecule has 140 valence electrons. The van der Waals surface area contributed by atoms with Gasteiger partial charge in [-0.3, -0.25) is 9.78 Å². The van der Waals surface area contributed by atoms with E-state index in [9.17, 15) is 4.79 Å². The van der Waals surface area contributed by atoms with Gasteiger partial charge in [0.2, 0.25) is 5.91 Å². The van der Waals surface area contributed by atoms with Gasteiger partial charge in [-0.05, 0) is 61.0 Å². The number of hydrogen-bond donors (Lipinski definition) is 2. The van der Waals surface area contributed by atoms with E-state index in [-0.39, 0.29) is 6.54 Å². The SMILES string of the molecule is Cc1sc(Oc2ccc(CNC(=O)CO)nc2)c2c1CCCc1cnsc1-2. The Balaban J connectivity index is 1.57. The Bertz CT molecular complexity index is 963. The van der Waals surface area contributed by atoms with E-state index in [2.05, 4.69) is 21.6 Å². The first-order valence-corrected chi connectivity index (χ1v) is 10.3. The third-order valence-corrected chi connectivity index (χ3v) is 6.42. The molecule has 0 atom stereocenters. The minimum absolute atomic E-state index is 0.275. The number of aryl methyl sites for hydroxylation is 2. The van der Waals surface area contributed by atoms with E-state index < -0.39 is 12.5 Å². The average molecular weight is 402 g/mol. The molecule has 0 unspecified atom stereocenters. The predicted octanol–water partition coefficient (Wildman–Crippen LogP) is 3.46. The number of aromatic nitrogens is 2. The molecule has 0 aliphatic heterocycles. The molecule has 0 saturated heterocycles. The summed E-state index contributed by atoms with van der Waals surface area (Å²) in [4.78, 5) is 18.0. The average Bonchev–Trinajstić information content (AvgIpc) is 3.20. The summed E-state index contributed by atoms with van der Waals surface area (Å²) in [5, 5.41) is 12.2. The van der Waals surface area contributed by atoms with Crippen LogP contribution in [0, 0.1) is 6.92 Å². The van der Waals surface area contributed by atoms with Crippen molar-refractivity contribution >= 4 is 28.8 Å². The Hall–Kier alpha value is -2.29. The zero-order valence-corrected chi connectivity index (χ0v) is 16.5. The molecule has 3 heterocycles. The maximum Gasteiger partial charge on any atom is 0.246 e. The molecule has 0 bridgehead atoms. The Morgan fingerprint density at radius 2 is 2.22 bits per heavy atom. The highest BCUT2D eigenvalue weighted by atomic mass is 32.1. The third kappa shape index (κ3) is 3.73. The fourth-order valence-corrected chi connectivity index (χ4v) is 5.18. The molecule has 0 radical (unpaired) electrons. The maximum absolute atomic E-state index is 11.1. The summed E-state index contributed by atoms with van der Waals surface area (Å²) in [6, 6.07) is 3.66. The number of thiophene rings is 1. The molecule has 27 heavy (non-hydrogen) atoms. The highest BCUT2D eigenvalue weighted by molar-refractivity contribution is 7.15. The van der Waals surface area contributed by atoms with Gasteiger partial charge < -0.3 is 15.2 Å². The van der Waals surface area contributed by atoms with Crippen LogP contribution in [0.15, 0.2) is 24.5 Å². The number of carbonyl (C=O) groups is 1. The van der Waals surface area contributed by atoms with Gasteiger partial charge in [0.15, 0.2) is 5.06 Å². The van der Waals surface area contributed by atoms with Crippen molar-refractivity contribution < 1.29 is 14.6 Å². The summed E-state index contributed by atoms with van der Waals surface area (Å²) in [6.07, 6.45) is 6.88. The summed E-state index contributed by atoms with van der Waals surface area (Å²) in [5.41, 5.74) is 4.56. The van der Waals surface area contributed by atoms with Crippen molar-refractivity contribution in [3.63, 3.8) is 0 Å². The van der Waals surface area contributed by atoms with E-state index >= 15 is 0 Å². The van der Waals surface area contributed by atoms with Crippen LogP contribution in [-0.4, -0.2) is 27.0 Å². The van der Waals surface area contributed by atoms with Crippen LogP contribution in [0.1, 0.15) is 28.1 Å². The molecule has 6 nitrogen and oxygen atoms in total. The van der Waals surface area contributed by atoms with Crippen molar-refractivity contribution in [2.24, 2.45) is 0 Å². The van der Waals surface area contributed by atoms with E-state index in [1.807, 2.05) is 18.3 Å². The number of ether oxygens (including phenoxy) is 1. The Kier molecular flexibility index (Phi) is 5.20. The normalized spacial score (nSPS) is 12.8. The number of nitrogens with one attached hydrogen (secondary N) is 1. The number of pyridine rings is 1. The van der Waals surface area contributed by atoms with E-state index in [1.165, 1.54) is 38.0 Å². The standard InChI is InChI=1S/C19H19N3O3S2/c1-11-15-4-2-3-12-7-22-27-18(12)17(15)19(26-11)25-14-6-5-13(20-9-14)8-21-16(24)10-23/h5-7,9,23H,2-4,8,10H2,1H3,(H,21,24). The van der Waals surface area contributed by atoms with Gasteiger partial charge in [-0.2, -0.15) is 0 Å². The van der Waals surface area contributed by atoms with Crippen LogP contribution in [-0.2, 0) is 24.2 Å². The van der Waals surface area contributed by atoms with Gasteiger partial charge in [0.25, 0.3) is 0 Å². The molecule has 0 aromatic carbocycles. The molecule has 3 aromatic rings. The highest BCUT2D eigenvalue weighted by Crippen LogP contribution is 2.48. The maximum atomic E-state index is 11.1. The summed E-state index contributed by atoms with van der Waals surface area (Å²) in [5.74, 6) is 0.237. The van der Waals surface area contributed by atoms with Crippen LogP contribution in [0.3, 0.4) is 0 Å². The minimum atomic E-state index is -0.524. The molecular formula is C19H19N3O3S2. The molecule has 0 fully saturated rings. The summed E-state index contributed by atoms with van der Waals surface area (Å²) >= 11 is 3.20. The van der Waals surface area contributed by atoms with Crippen molar-refractivity contribution in [1.82, 2.24) is 14.7 Å². The second kappa shape index (κ2) is 7.75. The molecule has 1 amide bonds. The fourth-order valence-electron chi connectivity index (χ4n) is 3.18. The van der Waals surface area contributed by atoms with Gasteiger partial charge in [-0.15, -0.1) is 11.3 Å². The van der Waals surface area contributed by atoms with Crippen molar-refractivity contribution in [3.8, 4) is 21.3 Å². The minimum Gasteiger partial charge on any atom is -0.444 e. The number of amides is 1. The molecule has 3 aromatic heterocycles. The molecule has 0 saturated carbocycles. The number of aliphatic hydroxyl groups excluding tert-OH is 1. The zero-order chi connectivity index (χ0) is 18.8. The Morgan fingerprint density at radius 1 is 1.33 bits per heavy atom. The van der Waals surface area contributed by atoms with E-state index in [1.54, 1.807) is 17.5 Å². The lowest BCUT2D eigenvalue weighted by molar-refractivity contribution is -0.123. The van der Waals surface area contributed by atoms with Crippen LogP contribution in [0.5, 0.6) is 10.8 Å². The largest absolute Gasteiger partial charge is 0.444 e. The first-order chi connectivity index (χ1) is 13.2. The van der Waals surface area contributed by atoms with Crippen LogP contribution < -0.4 is 10.1 Å². The zero-order valence-electron chi connectivity index (χ0n) is 14.8. The monoisotopic (exact) mass is 401 g/mol. The third-order valence-electron chi connectivity index (χ3n) is 4.54. The summed E-state index contributed by atoms with van der Waals surface area (Å²) in [6.45, 7) is 1.90. The van der Waals surface area contributed by atoms with Crippen molar-refractivity contribution in [2.45, 2.75) is 32.7 Å². The van der Waals surface area contributed by atoms with Gasteiger partial charge in [0.05, 0.1) is 28.9 Å². The lowest BCUT2D eigenvalue weighted by Crippen LogP contribution is -2.25. The predicted molar refractivity (Wildman–Crippen MR) is 105 cm³/mol. The van der Waals surface area contributed by atoms with Crippen LogP contribution in [0.4, 0.5) is 0 Å². The smallest absolute Gasteiger partial charge is 0.246 e. The lowest BCUT2D eigenvalue weighted by atomic mass is 10.1. The summed E-state index contributed by atoms with van der Waals surface area (Å²) in [7, 11) is 0. The molecular weight excluding hydrogens is 382 g/mol. The second-order valence-electron chi connectivity index (χ2n) is 6.36. The van der Waals surface area contributed by atoms with Gasteiger partial charge in [0, 0.05) is 11.1 Å². The Labute approximate surface area is 165 Å². The van der Waals surface area contributed by atoms with Gasteiger partial charge in [-0.1, -0.05) is 0 Å². The second-order valence-corrected chi connectivity index (χ2v) is 8.34. The Morgan fingerprint density at radius 3 is 3.00 bits per heavy atom. The number of fused-ring (bicyclic) bond motifs is 3. The summed E-state index contributed by atoms with van der Waals surface area (Å²) < 4.78 is 10.6. The molecule has 0 spiro atoms. The highest BCUT2D eigenvalue weighted by Gasteiger charge is 2.25. The number of hydrogen-bond acceptors (Lipinski definition) is 7. The van der Waals surface area contributed by atoms with Gasteiger partial charge in [-0.25, -0.2) is 4.37 Å². The van der Waals surface area contributed by atoms with Crippen LogP contribution in [0.2, 0.25) is 0 Å². The molecule has 1 aliphatic carbocycles. The van der Waals surface area contributed by atoms with Gasteiger partial charge >= 0.3 is 0 Å². The first-order valence-electron chi connectivity index (χ1n) is 8.72. The van der Waals surface area contributed by atoms with E-state index in [0.29, 0.717) is 11.4 Å². The van der Waals surface area contributed by atoms with Gasteiger partial charge in [0.1, 0.15) is 12.4 Å². The molecule has 1 aliphatic rings. The number of rotatable bonds is 5.